The first-order valence-corrected chi connectivity index (χ1v) is 7.36. The fraction of sp³-hybridized carbons (Fsp3) is 0.125. The number of para-hydroxylation sites is 1. The van der Waals surface area contributed by atoms with Crippen LogP contribution in [0.5, 0.6) is 0 Å². The van der Waals surface area contributed by atoms with Crippen LogP contribution in [0.3, 0.4) is 0 Å². The van der Waals surface area contributed by atoms with E-state index < -0.39 is 0 Å². The van der Waals surface area contributed by atoms with Crippen molar-refractivity contribution in [1.29, 1.82) is 5.26 Å². The number of nitriles is 1. The van der Waals surface area contributed by atoms with Crippen LogP contribution in [0.2, 0.25) is 5.02 Å². The molecule has 3 aromatic rings. The van der Waals surface area contributed by atoms with E-state index in [9.17, 15) is 0 Å². The predicted octanol–water partition coefficient (Wildman–Crippen LogP) is 3.36. The van der Waals surface area contributed by atoms with Crippen LogP contribution in [-0.2, 0) is 0 Å². The van der Waals surface area contributed by atoms with Gasteiger partial charge in [0.15, 0.2) is 5.69 Å². The molecule has 1 unspecified atom stereocenters. The maximum Gasteiger partial charge on any atom is 0.161 e. The molecule has 0 bridgehead atoms. The lowest BCUT2D eigenvalue weighted by Crippen LogP contribution is -2.09. The number of anilines is 1. The molecule has 0 saturated heterocycles. The Morgan fingerprint density at radius 1 is 1.22 bits per heavy atom. The Labute approximate surface area is 138 Å². The average Bonchev–Trinajstić information content (AvgIpc) is 3.07. The number of benzene rings is 1. The molecule has 2 aromatic heterocycles. The summed E-state index contributed by atoms with van der Waals surface area (Å²) < 4.78 is 1.71. The van der Waals surface area contributed by atoms with Gasteiger partial charge in [0.25, 0.3) is 0 Å². The van der Waals surface area contributed by atoms with Gasteiger partial charge in [0, 0.05) is 0 Å². The Bertz CT molecular complexity index is 853. The Hall–Kier alpha value is -2.91. The van der Waals surface area contributed by atoms with Crippen molar-refractivity contribution in [2.75, 3.05) is 5.32 Å². The van der Waals surface area contributed by atoms with E-state index in [1.165, 1.54) is 0 Å². The first-order chi connectivity index (χ1) is 11.2. The molecule has 0 aliphatic rings. The lowest BCUT2D eigenvalue weighted by molar-refractivity contribution is 0.779. The molecule has 7 heteroatoms. The molecule has 1 aromatic carbocycles. The van der Waals surface area contributed by atoms with Crippen molar-refractivity contribution in [1.82, 2.24) is 20.0 Å². The summed E-state index contributed by atoms with van der Waals surface area (Å²) in [7, 11) is 0. The number of nitrogens with zero attached hydrogens (tertiary/aromatic N) is 5. The molecule has 1 atom stereocenters. The number of hydrogen-bond donors (Lipinski definition) is 1. The van der Waals surface area contributed by atoms with Crippen molar-refractivity contribution >= 4 is 17.4 Å². The molecule has 0 amide bonds. The summed E-state index contributed by atoms with van der Waals surface area (Å²) >= 11 is 5.88. The largest absolute Gasteiger partial charge is 0.362 e. The van der Waals surface area contributed by atoms with Gasteiger partial charge in [-0.2, -0.15) is 5.26 Å². The van der Waals surface area contributed by atoms with E-state index in [1.54, 1.807) is 16.8 Å². The van der Waals surface area contributed by atoms with Crippen molar-refractivity contribution in [2.45, 2.75) is 13.0 Å². The molecule has 2 heterocycles. The van der Waals surface area contributed by atoms with Crippen LogP contribution in [0.4, 0.5) is 5.82 Å². The number of halogens is 1. The molecule has 23 heavy (non-hydrogen) atoms. The zero-order valence-corrected chi connectivity index (χ0v) is 13.1. The Balaban J connectivity index is 1.78. The summed E-state index contributed by atoms with van der Waals surface area (Å²) in [6, 6.07) is 15.0. The second-order valence-corrected chi connectivity index (χ2v) is 5.34. The molecular weight excluding hydrogens is 312 g/mol. The molecule has 1 N–H and O–H groups in total. The monoisotopic (exact) mass is 324 g/mol. The average molecular weight is 325 g/mol. The quantitative estimate of drug-likeness (QED) is 0.796. The Kier molecular flexibility index (Phi) is 4.22. The number of hydrogen-bond acceptors (Lipinski definition) is 5. The van der Waals surface area contributed by atoms with E-state index in [-0.39, 0.29) is 11.7 Å². The van der Waals surface area contributed by atoms with Crippen molar-refractivity contribution in [3.63, 3.8) is 0 Å². The zero-order chi connectivity index (χ0) is 16.2. The molecule has 6 nitrogen and oxygen atoms in total. The van der Waals surface area contributed by atoms with Crippen molar-refractivity contribution < 1.29 is 0 Å². The van der Waals surface area contributed by atoms with Crippen molar-refractivity contribution in [3.05, 3.63) is 65.1 Å². The number of pyridine rings is 1. The Morgan fingerprint density at radius 2 is 2.00 bits per heavy atom. The summed E-state index contributed by atoms with van der Waals surface area (Å²) in [4.78, 5) is 4.16. The lowest BCUT2D eigenvalue weighted by atomic mass is 10.2. The van der Waals surface area contributed by atoms with Crippen LogP contribution in [-0.4, -0.2) is 20.0 Å². The summed E-state index contributed by atoms with van der Waals surface area (Å²) in [5.74, 6) is 0.563. The first kappa shape index (κ1) is 15.0. The highest BCUT2D eigenvalue weighted by Crippen LogP contribution is 2.20. The molecule has 0 saturated carbocycles. The molecule has 0 aliphatic carbocycles. The number of nitrogens with one attached hydrogen (secondary N) is 1. The van der Waals surface area contributed by atoms with E-state index in [4.69, 9.17) is 16.9 Å². The second kappa shape index (κ2) is 6.46. The molecule has 114 valence electrons. The minimum atomic E-state index is -0.118. The van der Waals surface area contributed by atoms with E-state index >= 15 is 0 Å². The first-order valence-electron chi connectivity index (χ1n) is 6.98. The third kappa shape index (κ3) is 3.30. The van der Waals surface area contributed by atoms with Crippen molar-refractivity contribution in [2.24, 2.45) is 0 Å². The van der Waals surface area contributed by atoms with Crippen molar-refractivity contribution in [3.8, 4) is 11.8 Å². The topological polar surface area (TPSA) is 79.4 Å². The van der Waals surface area contributed by atoms with Crippen LogP contribution in [0.1, 0.15) is 24.4 Å². The Morgan fingerprint density at radius 3 is 2.74 bits per heavy atom. The number of aromatic nitrogens is 4. The fourth-order valence-corrected chi connectivity index (χ4v) is 2.23. The molecule has 0 fully saturated rings. The lowest BCUT2D eigenvalue weighted by Gasteiger charge is -2.11. The standard InChI is InChI=1S/C16H13ClN6/c1-11(19-16-8-7-13(17)14(9-18)20-16)15-10-23(22-21-15)12-5-3-2-4-6-12/h2-8,10-11H,1H3,(H,19,20). The number of rotatable bonds is 4. The van der Waals surface area contributed by atoms with Crippen LogP contribution in [0.15, 0.2) is 48.7 Å². The van der Waals surface area contributed by atoms with Crippen LogP contribution >= 0.6 is 11.6 Å². The van der Waals surface area contributed by atoms with Crippen LogP contribution in [0, 0.1) is 11.3 Å². The minimum absolute atomic E-state index is 0.118. The van der Waals surface area contributed by atoms with Crippen LogP contribution < -0.4 is 5.32 Å². The second-order valence-electron chi connectivity index (χ2n) is 4.93. The highest BCUT2D eigenvalue weighted by atomic mass is 35.5. The molecule has 0 spiro atoms. The highest BCUT2D eigenvalue weighted by molar-refractivity contribution is 6.31. The molecule has 0 aliphatic heterocycles. The zero-order valence-electron chi connectivity index (χ0n) is 12.3. The summed E-state index contributed by atoms with van der Waals surface area (Å²) in [6.45, 7) is 1.95. The van der Waals surface area contributed by atoms with E-state index in [2.05, 4.69) is 20.6 Å². The van der Waals surface area contributed by atoms with Gasteiger partial charge < -0.3 is 5.32 Å². The van der Waals surface area contributed by atoms with Gasteiger partial charge in [0.2, 0.25) is 0 Å². The maximum absolute atomic E-state index is 8.97. The maximum atomic E-state index is 8.97. The SMILES string of the molecule is CC(Nc1ccc(Cl)c(C#N)n1)c1cn(-c2ccccc2)nn1. The van der Waals surface area contributed by atoms with Gasteiger partial charge in [-0.3, -0.25) is 0 Å². The predicted molar refractivity (Wildman–Crippen MR) is 87.4 cm³/mol. The molecular formula is C16H13ClN6. The van der Waals surface area contributed by atoms with E-state index in [0.29, 0.717) is 10.8 Å². The summed E-state index contributed by atoms with van der Waals surface area (Å²) in [5.41, 5.74) is 1.90. The van der Waals surface area contributed by atoms with E-state index in [0.717, 1.165) is 11.4 Å². The smallest absolute Gasteiger partial charge is 0.161 e. The molecule has 3 rings (SSSR count). The van der Waals surface area contributed by atoms with Gasteiger partial charge in [-0.1, -0.05) is 35.0 Å². The third-order valence-corrected chi connectivity index (χ3v) is 3.60. The van der Waals surface area contributed by atoms with Gasteiger partial charge in [-0.15, -0.1) is 5.10 Å². The molecule has 0 radical (unpaired) electrons. The summed E-state index contributed by atoms with van der Waals surface area (Å²) in [5, 5.41) is 20.8. The normalized spacial score (nSPS) is 11.7. The van der Waals surface area contributed by atoms with Gasteiger partial charge in [0.05, 0.1) is 22.9 Å². The van der Waals surface area contributed by atoms with Gasteiger partial charge in [0.1, 0.15) is 17.6 Å². The fourth-order valence-electron chi connectivity index (χ4n) is 2.08. The van der Waals surface area contributed by atoms with Gasteiger partial charge >= 0.3 is 0 Å². The van der Waals surface area contributed by atoms with E-state index in [1.807, 2.05) is 49.5 Å². The van der Waals surface area contributed by atoms with Gasteiger partial charge in [-0.25, -0.2) is 9.67 Å². The van der Waals surface area contributed by atoms with Crippen LogP contribution in [0.25, 0.3) is 5.69 Å². The third-order valence-electron chi connectivity index (χ3n) is 3.29. The summed E-state index contributed by atoms with van der Waals surface area (Å²) in [6.07, 6.45) is 1.86. The highest BCUT2D eigenvalue weighted by Gasteiger charge is 2.12. The van der Waals surface area contributed by atoms with Gasteiger partial charge in [-0.05, 0) is 31.2 Å². The minimum Gasteiger partial charge on any atom is -0.362 e.